The van der Waals surface area contributed by atoms with Gasteiger partial charge in [0.05, 0.1) is 10.3 Å². The van der Waals surface area contributed by atoms with Crippen LogP contribution in [0.4, 0.5) is 0 Å². The van der Waals surface area contributed by atoms with E-state index in [2.05, 4.69) is 0 Å². The summed E-state index contributed by atoms with van der Waals surface area (Å²) in [5, 5.41) is 0.436. The molecule has 26 heavy (non-hydrogen) atoms. The summed E-state index contributed by atoms with van der Waals surface area (Å²) in [7, 11) is 0.281. The Morgan fingerprint density at radius 2 is 1.96 bits per heavy atom. The molecule has 6 nitrogen and oxygen atoms in total. The molecule has 2 saturated heterocycles. The molecule has 1 aromatic carbocycles. The van der Waals surface area contributed by atoms with Gasteiger partial charge < -0.3 is 9.64 Å². The molecule has 0 N–H and O–H groups in total. The number of aryl methyl sites for hydroxylation is 1. The van der Waals surface area contributed by atoms with Crippen molar-refractivity contribution in [1.82, 2.24) is 9.21 Å². The number of nitrogens with zero attached hydrogens (tertiary/aromatic N) is 2. The molecule has 8 heteroatoms. The maximum Gasteiger partial charge on any atom is 0.312 e. The van der Waals surface area contributed by atoms with E-state index >= 15 is 0 Å². The van der Waals surface area contributed by atoms with Gasteiger partial charge in [-0.1, -0.05) is 17.7 Å². The minimum absolute atomic E-state index is 0.114. The fraction of sp³-hybridized carbons (Fsp3) is 0.611. The first-order valence-electron chi connectivity index (χ1n) is 8.76. The van der Waals surface area contributed by atoms with E-state index < -0.39 is 15.4 Å². The molecule has 1 unspecified atom stereocenters. The molecule has 1 spiro atoms. The number of carbonyl (C=O) groups is 1. The number of rotatable bonds is 4. The smallest absolute Gasteiger partial charge is 0.312 e. The van der Waals surface area contributed by atoms with Crippen molar-refractivity contribution in [2.75, 3.05) is 33.7 Å². The number of hydrogen-bond acceptors (Lipinski definition) is 5. The highest BCUT2D eigenvalue weighted by molar-refractivity contribution is 7.89. The van der Waals surface area contributed by atoms with Crippen LogP contribution >= 0.6 is 11.6 Å². The van der Waals surface area contributed by atoms with E-state index in [9.17, 15) is 13.2 Å². The van der Waals surface area contributed by atoms with Crippen LogP contribution < -0.4 is 0 Å². The molecule has 2 aliphatic rings. The highest BCUT2D eigenvalue weighted by Crippen LogP contribution is 2.44. The molecule has 2 aliphatic heterocycles. The van der Waals surface area contributed by atoms with Gasteiger partial charge in [0.2, 0.25) is 10.0 Å². The van der Waals surface area contributed by atoms with Crippen LogP contribution in [0.3, 0.4) is 0 Å². The summed E-state index contributed by atoms with van der Waals surface area (Å²) in [5.41, 5.74) is 0.293. The number of hydrogen-bond donors (Lipinski definition) is 0. The van der Waals surface area contributed by atoms with E-state index in [1.165, 1.54) is 10.4 Å². The van der Waals surface area contributed by atoms with Gasteiger partial charge in [0.15, 0.2) is 0 Å². The molecule has 1 atom stereocenters. The normalized spacial score (nSPS) is 23.6. The zero-order chi connectivity index (χ0) is 19.1. The zero-order valence-electron chi connectivity index (χ0n) is 15.4. The van der Waals surface area contributed by atoms with Crippen molar-refractivity contribution < 1.29 is 17.9 Å². The van der Waals surface area contributed by atoms with Gasteiger partial charge in [0, 0.05) is 31.1 Å². The Kier molecular flexibility index (Phi) is 5.36. The second-order valence-corrected chi connectivity index (χ2v) is 9.93. The maximum atomic E-state index is 12.9. The molecule has 0 aliphatic carbocycles. The van der Waals surface area contributed by atoms with E-state index in [0.717, 1.165) is 5.56 Å². The predicted molar refractivity (Wildman–Crippen MR) is 99.7 cm³/mol. The first-order valence-corrected chi connectivity index (χ1v) is 10.6. The second-order valence-electron chi connectivity index (χ2n) is 7.59. The maximum absolute atomic E-state index is 12.9. The largest absolute Gasteiger partial charge is 0.461 e. The molecular formula is C18H25ClN2O4S. The third-order valence-electron chi connectivity index (χ3n) is 5.35. The Balaban J connectivity index is 1.72. The number of sulfonamides is 1. The number of esters is 1. The van der Waals surface area contributed by atoms with Gasteiger partial charge in [-0.2, -0.15) is 4.31 Å². The number of benzene rings is 1. The van der Waals surface area contributed by atoms with E-state index in [-0.39, 0.29) is 17.0 Å². The minimum atomic E-state index is -3.61. The lowest BCUT2D eigenvalue weighted by molar-refractivity contribution is -0.150. The monoisotopic (exact) mass is 400 g/mol. The molecular weight excluding hydrogens is 376 g/mol. The summed E-state index contributed by atoms with van der Waals surface area (Å²) in [5.74, 6) is -0.181. The molecule has 144 valence electrons. The minimum Gasteiger partial charge on any atom is -0.461 e. The highest BCUT2D eigenvalue weighted by Gasteiger charge is 2.51. The van der Waals surface area contributed by atoms with Crippen LogP contribution in [0.2, 0.25) is 5.02 Å². The Hall–Kier alpha value is -1.15. The molecule has 3 rings (SSSR count). The van der Waals surface area contributed by atoms with E-state index in [1.807, 2.05) is 25.9 Å². The molecule has 0 aromatic heterocycles. The van der Waals surface area contributed by atoms with Gasteiger partial charge in [-0.3, -0.25) is 4.79 Å². The summed E-state index contributed by atoms with van der Waals surface area (Å²) in [6.45, 7) is 3.16. The van der Waals surface area contributed by atoms with E-state index in [0.29, 0.717) is 43.9 Å². The molecule has 1 aromatic rings. The lowest BCUT2D eigenvalue weighted by Crippen LogP contribution is -2.45. The number of piperidine rings is 1. The Labute approximate surface area is 160 Å². The summed E-state index contributed by atoms with van der Waals surface area (Å²) in [6, 6.07) is 4.78. The van der Waals surface area contributed by atoms with Crippen LogP contribution in [0.1, 0.15) is 24.8 Å². The third kappa shape index (κ3) is 3.63. The van der Waals surface area contributed by atoms with Crippen LogP contribution in [-0.4, -0.2) is 63.4 Å². The summed E-state index contributed by atoms with van der Waals surface area (Å²) >= 11 is 6.09. The quantitative estimate of drug-likeness (QED) is 0.725. The van der Waals surface area contributed by atoms with E-state index in [4.69, 9.17) is 16.3 Å². The van der Waals surface area contributed by atoms with Gasteiger partial charge in [-0.05, 0) is 51.6 Å². The molecule has 2 fully saturated rings. The van der Waals surface area contributed by atoms with Crippen LogP contribution in [-0.2, 0) is 19.6 Å². The summed E-state index contributed by atoms with van der Waals surface area (Å²) in [6.07, 6.45) is 1.54. The predicted octanol–water partition coefficient (Wildman–Crippen LogP) is 2.30. The Morgan fingerprint density at radius 1 is 1.31 bits per heavy atom. The number of cyclic esters (lactones) is 1. The fourth-order valence-corrected chi connectivity index (χ4v) is 5.51. The number of likely N-dealkylation sites (N-methyl/N-ethyl adjacent to an activating group) is 1. The standard InChI is InChI=1S/C18H25ClN2O4S/c1-13-4-5-15(10-16(13)19)26(23,24)21-8-6-18(7-9-21)11-14(12-20(2)3)25-17(18)22/h4-5,10,14H,6-9,11-12H2,1-3H3. The average molecular weight is 401 g/mol. The van der Waals surface area contributed by atoms with Crippen LogP contribution in [0.25, 0.3) is 0 Å². The molecule has 0 bridgehead atoms. The summed E-state index contributed by atoms with van der Waals surface area (Å²) in [4.78, 5) is 14.6. The van der Waals surface area contributed by atoms with Crippen LogP contribution in [0.15, 0.2) is 23.1 Å². The van der Waals surface area contributed by atoms with Gasteiger partial charge in [0.1, 0.15) is 6.10 Å². The van der Waals surface area contributed by atoms with Crippen molar-refractivity contribution >= 4 is 27.6 Å². The first-order chi connectivity index (χ1) is 12.1. The number of ether oxygens (including phenoxy) is 1. The van der Waals surface area contributed by atoms with Crippen molar-refractivity contribution in [3.8, 4) is 0 Å². The lowest BCUT2D eigenvalue weighted by atomic mass is 9.76. The van der Waals surface area contributed by atoms with E-state index in [1.54, 1.807) is 12.1 Å². The molecule has 0 amide bonds. The molecule has 0 saturated carbocycles. The lowest BCUT2D eigenvalue weighted by Gasteiger charge is -2.35. The van der Waals surface area contributed by atoms with Gasteiger partial charge in [0.25, 0.3) is 0 Å². The van der Waals surface area contributed by atoms with Crippen molar-refractivity contribution in [3.63, 3.8) is 0 Å². The number of carbonyl (C=O) groups excluding carboxylic acids is 1. The van der Waals surface area contributed by atoms with Crippen LogP contribution in [0.5, 0.6) is 0 Å². The topological polar surface area (TPSA) is 66.9 Å². The van der Waals surface area contributed by atoms with Gasteiger partial charge in [-0.25, -0.2) is 8.42 Å². The molecule has 0 radical (unpaired) electrons. The van der Waals surface area contributed by atoms with Crippen molar-refractivity contribution in [3.05, 3.63) is 28.8 Å². The van der Waals surface area contributed by atoms with Crippen LogP contribution in [0, 0.1) is 12.3 Å². The first kappa shape index (κ1) is 19.6. The third-order valence-corrected chi connectivity index (χ3v) is 7.66. The van der Waals surface area contributed by atoms with Gasteiger partial charge in [-0.15, -0.1) is 0 Å². The average Bonchev–Trinajstić information content (AvgIpc) is 2.84. The van der Waals surface area contributed by atoms with Gasteiger partial charge >= 0.3 is 5.97 Å². The fourth-order valence-electron chi connectivity index (χ4n) is 3.79. The van der Waals surface area contributed by atoms with Crippen molar-refractivity contribution in [1.29, 1.82) is 0 Å². The number of halogens is 1. The van der Waals surface area contributed by atoms with Crippen molar-refractivity contribution in [2.24, 2.45) is 5.41 Å². The highest BCUT2D eigenvalue weighted by atomic mass is 35.5. The second kappa shape index (κ2) is 7.11. The Bertz CT molecular complexity index is 801. The molecule has 2 heterocycles. The summed E-state index contributed by atoms with van der Waals surface area (Å²) < 4.78 is 32.8. The Morgan fingerprint density at radius 3 is 2.54 bits per heavy atom. The SMILES string of the molecule is Cc1ccc(S(=O)(=O)N2CCC3(CC2)CC(CN(C)C)OC3=O)cc1Cl. The van der Waals surface area contributed by atoms with Crippen molar-refractivity contribution in [2.45, 2.75) is 37.2 Å². The zero-order valence-corrected chi connectivity index (χ0v) is 16.9.